The van der Waals surface area contributed by atoms with Crippen molar-refractivity contribution in [3.05, 3.63) is 34.8 Å². The SMILES string of the molecule is C[C@@H]1CN(c2ccc3cc(Br)ccc3n2)[C@@H](C)CO1. The average molecular weight is 321 g/mol. The number of hydrogen-bond acceptors (Lipinski definition) is 3. The minimum Gasteiger partial charge on any atom is -0.375 e. The zero-order valence-corrected chi connectivity index (χ0v) is 12.7. The first kappa shape index (κ1) is 12.9. The Morgan fingerprint density at radius 3 is 2.95 bits per heavy atom. The van der Waals surface area contributed by atoms with Gasteiger partial charge in [-0.05, 0) is 44.2 Å². The van der Waals surface area contributed by atoms with Gasteiger partial charge in [0.1, 0.15) is 5.82 Å². The molecule has 1 aromatic carbocycles. The van der Waals surface area contributed by atoms with E-state index in [1.54, 1.807) is 0 Å². The van der Waals surface area contributed by atoms with Gasteiger partial charge in [-0.15, -0.1) is 0 Å². The minimum absolute atomic E-state index is 0.263. The van der Waals surface area contributed by atoms with Crippen molar-refractivity contribution in [2.75, 3.05) is 18.1 Å². The third-order valence-corrected chi connectivity index (χ3v) is 4.03. The molecule has 0 radical (unpaired) electrons. The first-order valence-corrected chi connectivity index (χ1v) is 7.37. The molecule has 1 saturated heterocycles. The number of rotatable bonds is 1. The third kappa shape index (κ3) is 2.60. The maximum Gasteiger partial charge on any atom is 0.129 e. The lowest BCUT2D eigenvalue weighted by atomic mass is 10.2. The standard InChI is InChI=1S/C15H17BrN2O/c1-10-9-19-11(2)8-18(10)15-6-3-12-7-13(16)4-5-14(12)17-15/h3-7,10-11H,8-9H2,1-2H3/t10-,11+/m0/s1. The predicted octanol–water partition coefficient (Wildman–Crippen LogP) is 3.61. The van der Waals surface area contributed by atoms with E-state index in [1.165, 1.54) is 0 Å². The summed E-state index contributed by atoms with van der Waals surface area (Å²) in [6.07, 6.45) is 0.263. The van der Waals surface area contributed by atoms with E-state index >= 15 is 0 Å². The Labute approximate surface area is 121 Å². The molecule has 0 saturated carbocycles. The molecular formula is C15H17BrN2O. The van der Waals surface area contributed by atoms with Gasteiger partial charge >= 0.3 is 0 Å². The molecule has 0 N–H and O–H groups in total. The summed E-state index contributed by atoms with van der Waals surface area (Å²) < 4.78 is 6.76. The number of nitrogens with zero attached hydrogens (tertiary/aromatic N) is 2. The number of morpholine rings is 1. The summed E-state index contributed by atoms with van der Waals surface area (Å²) in [5.41, 5.74) is 1.03. The van der Waals surface area contributed by atoms with E-state index in [0.717, 1.165) is 34.3 Å². The van der Waals surface area contributed by atoms with Crippen LogP contribution in [-0.4, -0.2) is 30.3 Å². The zero-order chi connectivity index (χ0) is 13.4. The van der Waals surface area contributed by atoms with E-state index in [-0.39, 0.29) is 6.10 Å². The van der Waals surface area contributed by atoms with Gasteiger partial charge < -0.3 is 9.64 Å². The van der Waals surface area contributed by atoms with Gasteiger partial charge in [-0.2, -0.15) is 0 Å². The normalized spacial score (nSPS) is 23.8. The monoisotopic (exact) mass is 320 g/mol. The van der Waals surface area contributed by atoms with Crippen LogP contribution in [0.2, 0.25) is 0 Å². The predicted molar refractivity (Wildman–Crippen MR) is 81.7 cm³/mol. The number of anilines is 1. The van der Waals surface area contributed by atoms with Crippen molar-refractivity contribution >= 4 is 32.7 Å². The summed E-state index contributed by atoms with van der Waals surface area (Å²) in [5.74, 6) is 1.04. The van der Waals surface area contributed by atoms with Crippen LogP contribution in [0.1, 0.15) is 13.8 Å². The zero-order valence-electron chi connectivity index (χ0n) is 11.1. The average Bonchev–Trinajstić information content (AvgIpc) is 2.41. The molecule has 1 aliphatic rings. The van der Waals surface area contributed by atoms with Gasteiger partial charge in [-0.25, -0.2) is 4.98 Å². The maximum atomic E-state index is 5.67. The van der Waals surface area contributed by atoms with Crippen molar-refractivity contribution in [2.24, 2.45) is 0 Å². The summed E-state index contributed by atoms with van der Waals surface area (Å²) in [5, 5.41) is 1.16. The molecule has 0 unspecified atom stereocenters. The number of benzene rings is 1. The van der Waals surface area contributed by atoms with E-state index in [9.17, 15) is 0 Å². The van der Waals surface area contributed by atoms with Crippen LogP contribution in [0.25, 0.3) is 10.9 Å². The number of halogens is 1. The molecule has 4 heteroatoms. The van der Waals surface area contributed by atoms with Crippen LogP contribution in [-0.2, 0) is 4.74 Å². The van der Waals surface area contributed by atoms with E-state index in [0.29, 0.717) is 6.04 Å². The van der Waals surface area contributed by atoms with Crippen LogP contribution >= 0.6 is 15.9 Å². The maximum absolute atomic E-state index is 5.67. The molecule has 2 aromatic rings. The highest BCUT2D eigenvalue weighted by Gasteiger charge is 2.24. The number of hydrogen-bond donors (Lipinski definition) is 0. The molecule has 0 spiro atoms. The van der Waals surface area contributed by atoms with Crippen molar-refractivity contribution in [3.63, 3.8) is 0 Å². The molecule has 3 rings (SSSR count). The van der Waals surface area contributed by atoms with Crippen LogP contribution in [0, 0.1) is 0 Å². The summed E-state index contributed by atoms with van der Waals surface area (Å²) >= 11 is 3.49. The van der Waals surface area contributed by atoms with E-state index < -0.39 is 0 Å². The second-order valence-electron chi connectivity index (χ2n) is 5.15. The van der Waals surface area contributed by atoms with Crippen LogP contribution in [0.5, 0.6) is 0 Å². The quantitative estimate of drug-likeness (QED) is 0.802. The first-order valence-electron chi connectivity index (χ1n) is 6.58. The lowest BCUT2D eigenvalue weighted by molar-refractivity contribution is 0.0341. The molecule has 100 valence electrons. The Bertz CT molecular complexity index is 602. The molecule has 0 bridgehead atoms. The van der Waals surface area contributed by atoms with Crippen LogP contribution in [0.15, 0.2) is 34.8 Å². The van der Waals surface area contributed by atoms with Gasteiger partial charge in [-0.1, -0.05) is 15.9 Å². The van der Waals surface area contributed by atoms with E-state index in [2.05, 4.69) is 58.9 Å². The molecule has 0 aliphatic carbocycles. The summed E-state index contributed by atoms with van der Waals surface area (Å²) in [7, 11) is 0. The van der Waals surface area contributed by atoms with Gasteiger partial charge in [-0.3, -0.25) is 0 Å². The van der Waals surface area contributed by atoms with Crippen molar-refractivity contribution in [3.8, 4) is 0 Å². The molecular weight excluding hydrogens is 304 g/mol. The van der Waals surface area contributed by atoms with E-state index in [1.807, 2.05) is 6.07 Å². The highest BCUT2D eigenvalue weighted by atomic mass is 79.9. The molecule has 1 fully saturated rings. The highest BCUT2D eigenvalue weighted by molar-refractivity contribution is 9.10. The molecule has 0 amide bonds. The second-order valence-corrected chi connectivity index (χ2v) is 6.07. The number of aromatic nitrogens is 1. The van der Waals surface area contributed by atoms with Crippen LogP contribution < -0.4 is 4.90 Å². The van der Waals surface area contributed by atoms with Crippen LogP contribution in [0.3, 0.4) is 0 Å². The van der Waals surface area contributed by atoms with Crippen molar-refractivity contribution in [2.45, 2.75) is 26.0 Å². The minimum atomic E-state index is 0.263. The highest BCUT2D eigenvalue weighted by Crippen LogP contribution is 2.24. The molecule has 3 nitrogen and oxygen atoms in total. The topological polar surface area (TPSA) is 25.4 Å². The fourth-order valence-electron chi connectivity index (χ4n) is 2.47. The number of fused-ring (bicyclic) bond motifs is 1. The lowest BCUT2D eigenvalue weighted by Crippen LogP contribution is -2.47. The van der Waals surface area contributed by atoms with Gasteiger partial charge in [0.15, 0.2) is 0 Å². The Balaban J connectivity index is 1.98. The molecule has 1 aromatic heterocycles. The third-order valence-electron chi connectivity index (χ3n) is 3.54. The first-order chi connectivity index (χ1) is 9.13. The van der Waals surface area contributed by atoms with Crippen molar-refractivity contribution in [1.82, 2.24) is 4.98 Å². The number of ether oxygens (including phenoxy) is 1. The Kier molecular flexibility index (Phi) is 3.46. The molecule has 2 atom stereocenters. The summed E-state index contributed by atoms with van der Waals surface area (Å²) in [4.78, 5) is 7.10. The molecule has 2 heterocycles. The molecule has 1 aliphatic heterocycles. The smallest absolute Gasteiger partial charge is 0.129 e. The Hall–Kier alpha value is -1.13. The largest absolute Gasteiger partial charge is 0.375 e. The van der Waals surface area contributed by atoms with Gasteiger partial charge in [0, 0.05) is 16.4 Å². The van der Waals surface area contributed by atoms with E-state index in [4.69, 9.17) is 9.72 Å². The Morgan fingerprint density at radius 2 is 2.11 bits per heavy atom. The fourth-order valence-corrected chi connectivity index (χ4v) is 2.85. The van der Waals surface area contributed by atoms with Gasteiger partial charge in [0.25, 0.3) is 0 Å². The van der Waals surface area contributed by atoms with Crippen LogP contribution in [0.4, 0.5) is 5.82 Å². The molecule has 19 heavy (non-hydrogen) atoms. The fraction of sp³-hybridized carbons (Fsp3) is 0.400. The van der Waals surface area contributed by atoms with Crippen molar-refractivity contribution < 1.29 is 4.74 Å². The second kappa shape index (κ2) is 5.10. The lowest BCUT2D eigenvalue weighted by Gasteiger charge is -2.37. The Morgan fingerprint density at radius 1 is 1.26 bits per heavy atom. The number of pyridine rings is 1. The summed E-state index contributed by atoms with van der Waals surface area (Å²) in [6.45, 7) is 5.95. The van der Waals surface area contributed by atoms with Gasteiger partial charge in [0.05, 0.1) is 24.3 Å². The van der Waals surface area contributed by atoms with Crippen molar-refractivity contribution in [1.29, 1.82) is 0 Å². The summed E-state index contributed by atoms with van der Waals surface area (Å²) in [6, 6.07) is 10.8. The van der Waals surface area contributed by atoms with Gasteiger partial charge in [0.2, 0.25) is 0 Å².